The molecule has 25 heavy (non-hydrogen) atoms. The Morgan fingerprint density at radius 1 is 1.12 bits per heavy atom. The zero-order valence-corrected chi connectivity index (χ0v) is 15.5. The third kappa shape index (κ3) is 3.96. The molecule has 0 radical (unpaired) electrons. The molecule has 0 aliphatic carbocycles. The smallest absolute Gasteiger partial charge is 0.303 e. The van der Waals surface area contributed by atoms with Crippen LogP contribution in [0.3, 0.4) is 0 Å². The van der Waals surface area contributed by atoms with E-state index >= 15 is 0 Å². The lowest BCUT2D eigenvalue weighted by Gasteiger charge is -2.09. The first-order valence-corrected chi connectivity index (χ1v) is 8.57. The standard InChI is InChI=1S/C16H10Cl4N2O3/c17-8-6-9(18)14(20)15(13(8)19)22-16-21-10-5-7(2-4-12(23)24)1-3-11(10)25-16/h1,3,5-6H,2,4H2,(H,21,22)(H,23,24). The Kier molecular flexibility index (Phi) is 5.29. The van der Waals surface area contributed by atoms with Gasteiger partial charge in [-0.05, 0) is 30.2 Å². The van der Waals surface area contributed by atoms with Gasteiger partial charge in [0, 0.05) is 6.42 Å². The van der Waals surface area contributed by atoms with E-state index in [1.807, 2.05) is 0 Å². The van der Waals surface area contributed by atoms with Gasteiger partial charge < -0.3 is 14.8 Å². The lowest BCUT2D eigenvalue weighted by atomic mass is 10.1. The van der Waals surface area contributed by atoms with Crippen LogP contribution >= 0.6 is 46.4 Å². The summed E-state index contributed by atoms with van der Waals surface area (Å²) in [5.41, 5.74) is 2.24. The number of aryl methyl sites for hydroxylation is 1. The fourth-order valence-electron chi connectivity index (χ4n) is 2.22. The van der Waals surface area contributed by atoms with Crippen LogP contribution in [0.1, 0.15) is 12.0 Å². The van der Waals surface area contributed by atoms with Crippen LogP contribution < -0.4 is 5.32 Å². The van der Waals surface area contributed by atoms with E-state index in [2.05, 4.69) is 10.3 Å². The third-order valence-electron chi connectivity index (χ3n) is 3.42. The second-order valence-electron chi connectivity index (χ2n) is 5.18. The number of carboxylic acids is 1. The van der Waals surface area contributed by atoms with Gasteiger partial charge in [-0.15, -0.1) is 0 Å². The van der Waals surface area contributed by atoms with Gasteiger partial charge in [0.2, 0.25) is 0 Å². The molecule has 0 spiro atoms. The lowest BCUT2D eigenvalue weighted by molar-refractivity contribution is -0.136. The molecule has 0 aliphatic heterocycles. The Balaban J connectivity index is 1.92. The molecule has 0 fully saturated rings. The van der Waals surface area contributed by atoms with Crippen molar-refractivity contribution >= 4 is 75.2 Å². The van der Waals surface area contributed by atoms with E-state index in [-0.39, 0.29) is 32.5 Å². The molecule has 130 valence electrons. The Bertz CT molecular complexity index is 945. The molecule has 0 saturated carbocycles. The number of carbonyl (C=O) groups is 1. The number of aromatic nitrogens is 1. The van der Waals surface area contributed by atoms with Crippen LogP contribution in [0.25, 0.3) is 11.1 Å². The van der Waals surface area contributed by atoms with Gasteiger partial charge in [-0.1, -0.05) is 52.5 Å². The zero-order chi connectivity index (χ0) is 18.1. The topological polar surface area (TPSA) is 75.4 Å². The fraction of sp³-hybridized carbons (Fsp3) is 0.125. The molecule has 9 heteroatoms. The van der Waals surface area contributed by atoms with Crippen LogP contribution in [-0.2, 0) is 11.2 Å². The molecule has 0 unspecified atom stereocenters. The number of benzene rings is 2. The van der Waals surface area contributed by atoms with Crippen LogP contribution in [0.5, 0.6) is 0 Å². The fourth-order valence-corrected chi connectivity index (χ4v) is 3.13. The Hall–Kier alpha value is -1.66. The van der Waals surface area contributed by atoms with E-state index in [0.29, 0.717) is 23.2 Å². The molecule has 1 aromatic heterocycles. The number of nitrogens with one attached hydrogen (secondary N) is 1. The minimum Gasteiger partial charge on any atom is -0.481 e. The summed E-state index contributed by atoms with van der Waals surface area (Å²) in [7, 11) is 0. The molecular weight excluding hydrogens is 410 g/mol. The predicted molar refractivity (Wildman–Crippen MR) is 99.7 cm³/mol. The maximum absolute atomic E-state index is 10.7. The Morgan fingerprint density at radius 3 is 2.44 bits per heavy atom. The van der Waals surface area contributed by atoms with Gasteiger partial charge >= 0.3 is 5.97 Å². The van der Waals surface area contributed by atoms with Crippen molar-refractivity contribution in [3.8, 4) is 0 Å². The molecule has 0 saturated heterocycles. The molecule has 0 amide bonds. The summed E-state index contributed by atoms with van der Waals surface area (Å²) in [6.45, 7) is 0. The number of anilines is 2. The summed E-state index contributed by atoms with van der Waals surface area (Å²) >= 11 is 24.3. The Morgan fingerprint density at radius 2 is 1.80 bits per heavy atom. The van der Waals surface area contributed by atoms with Crippen molar-refractivity contribution in [3.63, 3.8) is 0 Å². The van der Waals surface area contributed by atoms with Gasteiger partial charge in [0.05, 0.1) is 25.8 Å². The van der Waals surface area contributed by atoms with Crippen LogP contribution in [0, 0.1) is 0 Å². The van der Waals surface area contributed by atoms with Gasteiger partial charge in [0.1, 0.15) is 5.52 Å². The molecule has 0 atom stereocenters. The summed E-state index contributed by atoms with van der Waals surface area (Å²) in [6.07, 6.45) is 0.448. The molecule has 1 heterocycles. The van der Waals surface area contributed by atoms with E-state index in [1.165, 1.54) is 6.07 Å². The first-order valence-electron chi connectivity index (χ1n) is 7.06. The van der Waals surface area contributed by atoms with E-state index in [9.17, 15) is 4.79 Å². The predicted octanol–water partition coefficient (Wildman–Crippen LogP) is 6.20. The van der Waals surface area contributed by atoms with Crippen molar-refractivity contribution in [2.24, 2.45) is 0 Å². The van der Waals surface area contributed by atoms with Crippen LogP contribution in [0.4, 0.5) is 11.7 Å². The lowest BCUT2D eigenvalue weighted by Crippen LogP contribution is -1.97. The van der Waals surface area contributed by atoms with Gasteiger partial charge in [-0.3, -0.25) is 4.79 Å². The quantitative estimate of drug-likeness (QED) is 0.481. The number of hydrogen-bond acceptors (Lipinski definition) is 4. The number of fused-ring (bicyclic) bond motifs is 1. The van der Waals surface area contributed by atoms with Gasteiger partial charge in [0.15, 0.2) is 5.58 Å². The molecule has 0 aliphatic rings. The van der Waals surface area contributed by atoms with E-state index in [0.717, 1.165) is 5.56 Å². The van der Waals surface area contributed by atoms with E-state index in [4.69, 9.17) is 55.9 Å². The van der Waals surface area contributed by atoms with Gasteiger partial charge in [-0.25, -0.2) is 0 Å². The summed E-state index contributed by atoms with van der Waals surface area (Å²) in [6, 6.07) is 6.88. The third-order valence-corrected chi connectivity index (χ3v) is 5.00. The highest BCUT2D eigenvalue weighted by Gasteiger charge is 2.16. The van der Waals surface area contributed by atoms with Crippen molar-refractivity contribution in [2.75, 3.05) is 5.32 Å². The Labute approximate surface area is 162 Å². The second kappa shape index (κ2) is 7.30. The number of hydrogen-bond donors (Lipinski definition) is 2. The largest absolute Gasteiger partial charge is 0.481 e. The van der Waals surface area contributed by atoms with Crippen LogP contribution in [0.2, 0.25) is 20.1 Å². The summed E-state index contributed by atoms with van der Waals surface area (Å²) in [5.74, 6) is -0.857. The number of aliphatic carboxylic acids is 1. The molecule has 2 aromatic carbocycles. The zero-order valence-electron chi connectivity index (χ0n) is 12.4. The minimum atomic E-state index is -0.857. The number of oxazole rings is 1. The van der Waals surface area contributed by atoms with Crippen molar-refractivity contribution < 1.29 is 14.3 Å². The number of carboxylic acid groups (broad SMARTS) is 1. The van der Waals surface area contributed by atoms with Crippen molar-refractivity contribution in [2.45, 2.75) is 12.8 Å². The highest BCUT2D eigenvalue weighted by molar-refractivity contribution is 6.50. The van der Waals surface area contributed by atoms with Gasteiger partial charge in [0.25, 0.3) is 6.01 Å². The molecule has 0 bridgehead atoms. The highest BCUT2D eigenvalue weighted by atomic mass is 35.5. The number of halogens is 4. The van der Waals surface area contributed by atoms with Crippen LogP contribution in [-0.4, -0.2) is 16.1 Å². The number of nitrogens with zero attached hydrogens (tertiary/aromatic N) is 1. The summed E-state index contributed by atoms with van der Waals surface area (Å²) in [4.78, 5) is 15.0. The molecular formula is C16H10Cl4N2O3. The average molecular weight is 420 g/mol. The van der Waals surface area contributed by atoms with Crippen LogP contribution in [0.15, 0.2) is 28.7 Å². The summed E-state index contributed by atoms with van der Waals surface area (Å²) in [5, 5.41) is 12.5. The van der Waals surface area contributed by atoms with E-state index in [1.54, 1.807) is 18.2 Å². The first kappa shape index (κ1) is 18.1. The SMILES string of the molecule is O=C(O)CCc1ccc2oc(Nc3c(Cl)c(Cl)cc(Cl)c3Cl)nc2c1. The van der Waals surface area contributed by atoms with Gasteiger partial charge in [-0.2, -0.15) is 4.98 Å². The monoisotopic (exact) mass is 418 g/mol. The molecule has 3 rings (SSSR count). The van der Waals surface area contributed by atoms with Crippen molar-refractivity contribution in [1.29, 1.82) is 0 Å². The average Bonchev–Trinajstić information content (AvgIpc) is 2.96. The maximum Gasteiger partial charge on any atom is 0.303 e. The highest BCUT2D eigenvalue weighted by Crippen LogP contribution is 2.42. The van der Waals surface area contributed by atoms with Crippen molar-refractivity contribution in [3.05, 3.63) is 49.9 Å². The normalized spacial score (nSPS) is 11.0. The maximum atomic E-state index is 10.7. The molecule has 5 nitrogen and oxygen atoms in total. The van der Waals surface area contributed by atoms with Crippen molar-refractivity contribution in [1.82, 2.24) is 4.98 Å². The number of rotatable bonds is 5. The molecule has 3 aromatic rings. The van der Waals surface area contributed by atoms with E-state index < -0.39 is 5.97 Å². The molecule has 2 N–H and O–H groups in total. The first-order chi connectivity index (χ1) is 11.8. The second-order valence-corrected chi connectivity index (χ2v) is 6.75. The summed E-state index contributed by atoms with van der Waals surface area (Å²) < 4.78 is 5.60. The minimum absolute atomic E-state index is 0.0424.